The average Bonchev–Trinajstić information content (AvgIpc) is 2.77. The molecular weight excluding hydrogens is 322 g/mol. The number of ether oxygens (including phenoxy) is 1. The SMILES string of the molecule is COC(=O)C(Nc1ccccc1Br)c1cnn(C)c1C. The van der Waals surface area contributed by atoms with Gasteiger partial charge in [-0.1, -0.05) is 12.1 Å². The van der Waals surface area contributed by atoms with Gasteiger partial charge in [-0.05, 0) is 35.0 Å². The first-order chi connectivity index (χ1) is 9.54. The number of aryl methyl sites for hydroxylation is 1. The highest BCUT2D eigenvalue weighted by atomic mass is 79.9. The predicted molar refractivity (Wildman–Crippen MR) is 80.5 cm³/mol. The lowest BCUT2D eigenvalue weighted by Gasteiger charge is -2.18. The molecule has 0 bridgehead atoms. The van der Waals surface area contributed by atoms with E-state index >= 15 is 0 Å². The van der Waals surface area contributed by atoms with Gasteiger partial charge >= 0.3 is 5.97 Å². The summed E-state index contributed by atoms with van der Waals surface area (Å²) in [4.78, 5) is 12.1. The Labute approximate surface area is 126 Å². The van der Waals surface area contributed by atoms with Gasteiger partial charge in [0, 0.05) is 28.5 Å². The molecule has 106 valence electrons. The van der Waals surface area contributed by atoms with Gasteiger partial charge in [0.2, 0.25) is 0 Å². The first kappa shape index (κ1) is 14.6. The summed E-state index contributed by atoms with van der Waals surface area (Å²) in [5.74, 6) is -0.350. The molecule has 0 saturated heterocycles. The van der Waals surface area contributed by atoms with Gasteiger partial charge in [0.25, 0.3) is 0 Å². The Bertz CT molecular complexity index is 625. The molecule has 1 heterocycles. The maximum Gasteiger partial charge on any atom is 0.333 e. The van der Waals surface area contributed by atoms with E-state index < -0.39 is 6.04 Å². The van der Waals surface area contributed by atoms with Crippen LogP contribution in [0.2, 0.25) is 0 Å². The van der Waals surface area contributed by atoms with Crippen molar-refractivity contribution in [1.82, 2.24) is 9.78 Å². The quantitative estimate of drug-likeness (QED) is 0.871. The molecule has 2 rings (SSSR count). The van der Waals surface area contributed by atoms with Crippen LogP contribution in [0, 0.1) is 6.92 Å². The molecule has 0 saturated carbocycles. The third kappa shape index (κ3) is 2.85. The normalized spacial score (nSPS) is 12.0. The van der Waals surface area contributed by atoms with Crippen LogP contribution < -0.4 is 5.32 Å². The van der Waals surface area contributed by atoms with Crippen molar-refractivity contribution < 1.29 is 9.53 Å². The van der Waals surface area contributed by atoms with Gasteiger partial charge in [0.15, 0.2) is 6.04 Å². The number of nitrogens with one attached hydrogen (secondary N) is 1. The van der Waals surface area contributed by atoms with Crippen LogP contribution in [0.25, 0.3) is 0 Å². The summed E-state index contributed by atoms with van der Waals surface area (Å²) in [6.45, 7) is 1.92. The zero-order chi connectivity index (χ0) is 14.7. The molecule has 0 spiro atoms. The van der Waals surface area contributed by atoms with Crippen molar-refractivity contribution in [3.63, 3.8) is 0 Å². The molecule has 0 aliphatic carbocycles. The third-order valence-electron chi connectivity index (χ3n) is 3.19. The number of para-hydroxylation sites is 1. The van der Waals surface area contributed by atoms with Crippen molar-refractivity contribution in [2.45, 2.75) is 13.0 Å². The third-order valence-corrected chi connectivity index (χ3v) is 3.89. The zero-order valence-electron chi connectivity index (χ0n) is 11.6. The van der Waals surface area contributed by atoms with Gasteiger partial charge in [-0.25, -0.2) is 4.79 Å². The van der Waals surface area contributed by atoms with Crippen LogP contribution in [0.15, 0.2) is 34.9 Å². The number of aromatic nitrogens is 2. The summed E-state index contributed by atoms with van der Waals surface area (Å²) in [5, 5.41) is 7.37. The molecule has 20 heavy (non-hydrogen) atoms. The van der Waals surface area contributed by atoms with E-state index in [1.165, 1.54) is 7.11 Å². The molecular formula is C14H16BrN3O2. The molecule has 0 aliphatic heterocycles. The second-order valence-corrected chi connectivity index (χ2v) is 5.24. The molecule has 0 radical (unpaired) electrons. The van der Waals surface area contributed by atoms with Gasteiger partial charge in [0.1, 0.15) is 0 Å². The van der Waals surface area contributed by atoms with E-state index in [-0.39, 0.29) is 5.97 Å². The first-order valence-corrected chi connectivity index (χ1v) is 6.91. The van der Waals surface area contributed by atoms with Gasteiger partial charge in [0.05, 0.1) is 13.3 Å². The number of carbonyl (C=O) groups is 1. The average molecular weight is 338 g/mol. The Hall–Kier alpha value is -1.82. The molecule has 1 aromatic heterocycles. The Morgan fingerprint density at radius 2 is 2.15 bits per heavy atom. The largest absolute Gasteiger partial charge is 0.467 e. The lowest BCUT2D eigenvalue weighted by atomic mass is 10.1. The summed E-state index contributed by atoms with van der Waals surface area (Å²) in [5.41, 5.74) is 2.54. The number of anilines is 1. The van der Waals surface area contributed by atoms with E-state index in [2.05, 4.69) is 26.3 Å². The maximum absolute atomic E-state index is 12.1. The Kier molecular flexibility index (Phi) is 4.44. The highest BCUT2D eigenvalue weighted by molar-refractivity contribution is 9.10. The van der Waals surface area contributed by atoms with E-state index in [4.69, 9.17) is 4.74 Å². The molecule has 1 N–H and O–H groups in total. The lowest BCUT2D eigenvalue weighted by Crippen LogP contribution is -2.23. The van der Waals surface area contributed by atoms with E-state index in [9.17, 15) is 4.79 Å². The zero-order valence-corrected chi connectivity index (χ0v) is 13.1. The number of rotatable bonds is 4. The number of carbonyl (C=O) groups excluding carboxylic acids is 1. The van der Waals surface area contributed by atoms with Crippen LogP contribution in [0.3, 0.4) is 0 Å². The molecule has 6 heteroatoms. The Balaban J connectivity index is 2.37. The van der Waals surface area contributed by atoms with Crippen molar-refractivity contribution in [1.29, 1.82) is 0 Å². The minimum absolute atomic E-state index is 0.350. The molecule has 0 fully saturated rings. The summed E-state index contributed by atoms with van der Waals surface area (Å²) in [7, 11) is 3.22. The second-order valence-electron chi connectivity index (χ2n) is 4.39. The van der Waals surface area contributed by atoms with Gasteiger partial charge in [-0.3, -0.25) is 4.68 Å². The highest BCUT2D eigenvalue weighted by Crippen LogP contribution is 2.28. The van der Waals surface area contributed by atoms with Gasteiger partial charge in [-0.2, -0.15) is 5.10 Å². The minimum atomic E-state index is -0.590. The van der Waals surface area contributed by atoms with Gasteiger partial charge < -0.3 is 10.1 Å². The van der Waals surface area contributed by atoms with Crippen LogP contribution in [-0.4, -0.2) is 22.9 Å². The molecule has 1 atom stereocenters. The highest BCUT2D eigenvalue weighted by Gasteiger charge is 2.25. The number of nitrogens with zero attached hydrogens (tertiary/aromatic N) is 2. The van der Waals surface area contributed by atoms with Crippen LogP contribution in [0.4, 0.5) is 5.69 Å². The molecule has 1 unspecified atom stereocenters. The molecule has 0 amide bonds. The monoisotopic (exact) mass is 337 g/mol. The van der Waals surface area contributed by atoms with E-state index in [0.29, 0.717) is 0 Å². The van der Waals surface area contributed by atoms with E-state index in [1.54, 1.807) is 10.9 Å². The summed E-state index contributed by atoms with van der Waals surface area (Å²) in [6.07, 6.45) is 1.68. The molecule has 5 nitrogen and oxygen atoms in total. The number of hydrogen-bond donors (Lipinski definition) is 1. The van der Waals surface area contributed by atoms with Crippen molar-refractivity contribution in [2.75, 3.05) is 12.4 Å². The summed E-state index contributed by atoms with van der Waals surface area (Å²) in [6, 6.07) is 7.03. The Morgan fingerprint density at radius 3 is 2.70 bits per heavy atom. The number of halogens is 1. The fourth-order valence-electron chi connectivity index (χ4n) is 1.91. The van der Waals surface area contributed by atoms with Crippen molar-refractivity contribution >= 4 is 27.6 Å². The number of esters is 1. The van der Waals surface area contributed by atoms with Crippen LogP contribution in [0.5, 0.6) is 0 Å². The van der Waals surface area contributed by atoms with Crippen LogP contribution in [-0.2, 0) is 16.6 Å². The summed E-state index contributed by atoms with van der Waals surface area (Å²) >= 11 is 3.46. The topological polar surface area (TPSA) is 56.1 Å². The van der Waals surface area contributed by atoms with Crippen LogP contribution >= 0.6 is 15.9 Å². The van der Waals surface area contributed by atoms with Crippen molar-refractivity contribution in [2.24, 2.45) is 7.05 Å². The second kappa shape index (κ2) is 6.09. The van der Waals surface area contributed by atoms with Gasteiger partial charge in [-0.15, -0.1) is 0 Å². The molecule has 0 aliphatic rings. The van der Waals surface area contributed by atoms with Crippen molar-refractivity contribution in [3.8, 4) is 0 Å². The number of methoxy groups -OCH3 is 1. The molecule has 2 aromatic rings. The predicted octanol–water partition coefficient (Wildman–Crippen LogP) is 2.82. The lowest BCUT2D eigenvalue weighted by molar-refractivity contribution is -0.141. The van der Waals surface area contributed by atoms with Crippen molar-refractivity contribution in [3.05, 3.63) is 46.2 Å². The van der Waals surface area contributed by atoms with E-state index in [0.717, 1.165) is 21.4 Å². The fraction of sp³-hybridized carbons (Fsp3) is 0.286. The standard InChI is InChI=1S/C14H16BrN3O2/c1-9-10(8-16-18(9)2)13(14(19)20-3)17-12-7-5-4-6-11(12)15/h4-8,13,17H,1-3H3. The Morgan fingerprint density at radius 1 is 1.45 bits per heavy atom. The minimum Gasteiger partial charge on any atom is -0.467 e. The smallest absolute Gasteiger partial charge is 0.333 e. The van der Waals surface area contributed by atoms with Crippen LogP contribution in [0.1, 0.15) is 17.3 Å². The number of hydrogen-bond acceptors (Lipinski definition) is 4. The molecule has 1 aromatic carbocycles. The maximum atomic E-state index is 12.1. The summed E-state index contributed by atoms with van der Waals surface area (Å²) < 4.78 is 7.50. The number of benzene rings is 1. The van der Waals surface area contributed by atoms with E-state index in [1.807, 2.05) is 38.2 Å². The first-order valence-electron chi connectivity index (χ1n) is 6.12. The fourth-order valence-corrected chi connectivity index (χ4v) is 2.31.